The van der Waals surface area contributed by atoms with Crippen molar-refractivity contribution in [3.8, 4) is 17.0 Å². The third-order valence-corrected chi connectivity index (χ3v) is 16.1. The van der Waals surface area contributed by atoms with E-state index in [2.05, 4.69) is 63.9 Å². The Hall–Kier alpha value is -3.96. The summed E-state index contributed by atoms with van der Waals surface area (Å²) in [6, 6.07) is 13.1. The maximum atomic E-state index is 14.0. The van der Waals surface area contributed by atoms with Crippen molar-refractivity contribution in [1.29, 1.82) is 0 Å². The lowest BCUT2D eigenvalue weighted by atomic mass is 10.1. The molecule has 0 unspecified atom stereocenters. The highest BCUT2D eigenvalue weighted by Crippen LogP contribution is 2.38. The van der Waals surface area contributed by atoms with Gasteiger partial charge >= 0.3 is 6.09 Å². The molecule has 4 heterocycles. The highest BCUT2D eigenvalue weighted by molar-refractivity contribution is 7.16. The van der Waals surface area contributed by atoms with Crippen LogP contribution in [0.1, 0.15) is 36.0 Å². The lowest BCUT2D eigenvalue weighted by molar-refractivity contribution is 0.0849. The van der Waals surface area contributed by atoms with E-state index in [1.54, 1.807) is 29.1 Å². The summed E-state index contributed by atoms with van der Waals surface area (Å²) in [6.07, 6.45) is 3.35. The van der Waals surface area contributed by atoms with Gasteiger partial charge in [-0.2, -0.15) is 5.10 Å². The standard InChI is InChI=1S/C35H44ClN5O6SSi2/c1-35(2,3)50(7,8)47-26-9-11-29-23(15-26)16-30(41(29)34(44)45)28-17-25(20-39(33(28)43)22-46-13-14-49(4,5)6)38-32(42)24-18-37-40(19-24)21-27-10-12-31(36)48-27/h9-12,15-20H,13-14,21-22H2,1-8H3,(H,38,42)(H,44,45). The lowest BCUT2D eigenvalue weighted by Crippen LogP contribution is -2.43. The van der Waals surface area contributed by atoms with Crippen molar-refractivity contribution in [2.45, 2.75) is 77.9 Å². The fourth-order valence-electron chi connectivity index (χ4n) is 5.00. The van der Waals surface area contributed by atoms with Crippen molar-refractivity contribution < 1.29 is 23.9 Å². The fraction of sp³-hybridized carbons (Fsp3) is 0.371. The summed E-state index contributed by atoms with van der Waals surface area (Å²) in [5, 5.41) is 18.1. The number of nitrogens with one attached hydrogen (secondary N) is 1. The van der Waals surface area contributed by atoms with Crippen LogP contribution in [0, 0.1) is 0 Å². The van der Waals surface area contributed by atoms with Gasteiger partial charge in [0.05, 0.1) is 45.1 Å². The van der Waals surface area contributed by atoms with E-state index in [0.29, 0.717) is 45.4 Å². The molecule has 5 aromatic rings. The van der Waals surface area contributed by atoms with Gasteiger partial charge in [0.2, 0.25) is 8.32 Å². The van der Waals surface area contributed by atoms with Crippen molar-refractivity contribution in [2.75, 3.05) is 11.9 Å². The molecule has 266 valence electrons. The largest absolute Gasteiger partial charge is 0.543 e. The van der Waals surface area contributed by atoms with Crippen molar-refractivity contribution >= 4 is 67.9 Å². The highest BCUT2D eigenvalue weighted by atomic mass is 35.5. The van der Waals surface area contributed by atoms with Crippen LogP contribution in [0.15, 0.2) is 65.8 Å². The molecule has 1 amide bonds. The lowest BCUT2D eigenvalue weighted by Gasteiger charge is -2.36. The molecule has 2 N–H and O–H groups in total. The number of carbonyl (C=O) groups is 2. The number of anilines is 1. The Balaban J connectivity index is 1.52. The number of nitrogens with zero attached hydrogens (tertiary/aromatic N) is 4. The van der Waals surface area contributed by atoms with Gasteiger partial charge in [0.1, 0.15) is 12.5 Å². The molecule has 0 bridgehead atoms. The summed E-state index contributed by atoms with van der Waals surface area (Å²) in [5.74, 6) is 0.192. The van der Waals surface area contributed by atoms with E-state index in [-0.39, 0.29) is 23.0 Å². The molecule has 0 saturated carbocycles. The summed E-state index contributed by atoms with van der Waals surface area (Å²) in [6.45, 7) is 18.3. The zero-order chi connectivity index (χ0) is 36.6. The molecule has 5 rings (SSSR count). The summed E-state index contributed by atoms with van der Waals surface area (Å²) in [7, 11) is -3.57. The van der Waals surface area contributed by atoms with Gasteiger partial charge in [-0.3, -0.25) is 18.8 Å². The number of aromatic nitrogens is 4. The van der Waals surface area contributed by atoms with Crippen LogP contribution in [0.5, 0.6) is 5.75 Å². The molecule has 0 aliphatic carbocycles. The van der Waals surface area contributed by atoms with Gasteiger partial charge in [-0.05, 0) is 66.6 Å². The predicted octanol–water partition coefficient (Wildman–Crippen LogP) is 8.90. The smallest absolute Gasteiger partial charge is 0.416 e. The molecule has 0 fully saturated rings. The SMILES string of the molecule is CC(C)(C)[Si](C)(C)Oc1ccc2c(c1)cc(-c1cc(NC(=O)c3cnn(Cc4ccc(Cl)s4)c3)cn(COCC[Si](C)(C)C)c1=O)n2C(=O)O. The first-order valence-electron chi connectivity index (χ1n) is 16.3. The average Bonchev–Trinajstić information content (AvgIpc) is 3.73. The number of thiophene rings is 1. The number of amides is 1. The first kappa shape index (κ1) is 37.3. The van der Waals surface area contributed by atoms with E-state index in [9.17, 15) is 19.5 Å². The van der Waals surface area contributed by atoms with Gasteiger partial charge in [0, 0.05) is 37.3 Å². The van der Waals surface area contributed by atoms with Gasteiger partial charge in [0.15, 0.2) is 0 Å². The van der Waals surface area contributed by atoms with Crippen LogP contribution < -0.4 is 15.3 Å². The number of rotatable bonds is 12. The monoisotopic (exact) mass is 753 g/mol. The van der Waals surface area contributed by atoms with E-state index in [1.165, 1.54) is 34.4 Å². The third-order valence-electron chi connectivity index (χ3n) is 8.83. The number of carbonyl (C=O) groups excluding carboxylic acids is 1. The molecular formula is C35H44ClN5O6SSi2. The molecule has 0 spiro atoms. The number of carboxylic acid groups (broad SMARTS) is 1. The minimum atomic E-state index is -2.18. The number of hydrogen-bond donors (Lipinski definition) is 2. The van der Waals surface area contributed by atoms with Crippen LogP contribution in [-0.4, -0.2) is 59.0 Å². The molecule has 0 saturated heterocycles. The van der Waals surface area contributed by atoms with Crippen LogP contribution >= 0.6 is 22.9 Å². The molecule has 0 aliphatic rings. The van der Waals surface area contributed by atoms with Gasteiger partial charge in [-0.25, -0.2) is 9.36 Å². The van der Waals surface area contributed by atoms with Crippen LogP contribution in [0.4, 0.5) is 10.5 Å². The Morgan fingerprint density at radius 1 is 1.04 bits per heavy atom. The molecule has 50 heavy (non-hydrogen) atoms. The second-order valence-electron chi connectivity index (χ2n) is 15.1. The zero-order valence-electron chi connectivity index (χ0n) is 29.7. The molecular weight excluding hydrogens is 710 g/mol. The van der Waals surface area contributed by atoms with Gasteiger partial charge in [0.25, 0.3) is 11.5 Å². The molecule has 0 radical (unpaired) electrons. The van der Waals surface area contributed by atoms with E-state index in [1.807, 2.05) is 18.2 Å². The summed E-state index contributed by atoms with van der Waals surface area (Å²) in [5.41, 5.74) is 0.805. The van der Waals surface area contributed by atoms with E-state index in [4.69, 9.17) is 20.8 Å². The summed E-state index contributed by atoms with van der Waals surface area (Å²) < 4.78 is 17.2. The maximum Gasteiger partial charge on any atom is 0.416 e. The Kier molecular flexibility index (Phi) is 10.7. The molecule has 11 nitrogen and oxygen atoms in total. The summed E-state index contributed by atoms with van der Waals surface area (Å²) in [4.78, 5) is 41.1. The number of pyridine rings is 1. The summed E-state index contributed by atoms with van der Waals surface area (Å²) >= 11 is 7.50. The van der Waals surface area contributed by atoms with Gasteiger partial charge in [-0.1, -0.05) is 52.0 Å². The van der Waals surface area contributed by atoms with E-state index < -0.39 is 34.0 Å². The van der Waals surface area contributed by atoms with Crippen molar-refractivity contribution in [1.82, 2.24) is 18.9 Å². The van der Waals surface area contributed by atoms with Crippen LogP contribution in [0.2, 0.25) is 48.2 Å². The minimum Gasteiger partial charge on any atom is -0.543 e. The third kappa shape index (κ3) is 8.67. The Morgan fingerprint density at radius 2 is 1.78 bits per heavy atom. The maximum absolute atomic E-state index is 14.0. The number of ether oxygens (including phenoxy) is 1. The number of halogens is 1. The average molecular weight is 754 g/mol. The Labute approximate surface area is 302 Å². The van der Waals surface area contributed by atoms with Crippen molar-refractivity contribution in [3.63, 3.8) is 0 Å². The number of hydrogen-bond acceptors (Lipinski definition) is 7. The first-order valence-corrected chi connectivity index (χ1v) is 24.1. The normalized spacial score (nSPS) is 12.4. The molecule has 15 heteroatoms. The topological polar surface area (TPSA) is 130 Å². The second-order valence-corrected chi connectivity index (χ2v) is 27.2. The molecule has 0 atom stereocenters. The van der Waals surface area contributed by atoms with Crippen LogP contribution in [0.25, 0.3) is 22.2 Å². The molecule has 4 aromatic heterocycles. The van der Waals surface area contributed by atoms with E-state index in [0.717, 1.165) is 15.5 Å². The molecule has 0 aliphatic heterocycles. The van der Waals surface area contributed by atoms with Crippen molar-refractivity contribution in [3.05, 3.63) is 86.2 Å². The number of benzene rings is 1. The first-order chi connectivity index (χ1) is 23.3. The second kappa shape index (κ2) is 14.3. The zero-order valence-corrected chi connectivity index (χ0v) is 33.2. The quantitative estimate of drug-likeness (QED) is 0.0962. The van der Waals surface area contributed by atoms with Crippen LogP contribution in [0.3, 0.4) is 0 Å². The van der Waals surface area contributed by atoms with Gasteiger partial charge < -0.3 is 19.6 Å². The van der Waals surface area contributed by atoms with Gasteiger partial charge in [-0.15, -0.1) is 11.3 Å². The highest BCUT2D eigenvalue weighted by Gasteiger charge is 2.39. The number of fused-ring (bicyclic) bond motifs is 1. The molecule has 1 aromatic carbocycles. The van der Waals surface area contributed by atoms with Crippen molar-refractivity contribution in [2.24, 2.45) is 0 Å². The van der Waals surface area contributed by atoms with Crippen LogP contribution in [-0.2, 0) is 18.0 Å². The Bertz CT molecular complexity index is 2100. The van der Waals surface area contributed by atoms with E-state index >= 15 is 0 Å². The predicted molar refractivity (Wildman–Crippen MR) is 206 cm³/mol. The minimum absolute atomic E-state index is 0.0374. The Morgan fingerprint density at radius 3 is 2.42 bits per heavy atom. The fourth-order valence-corrected chi connectivity index (χ4v) is 7.86.